The maximum atomic E-state index is 14.7. The van der Waals surface area contributed by atoms with Gasteiger partial charge in [0.15, 0.2) is 5.76 Å². The van der Waals surface area contributed by atoms with Gasteiger partial charge in [-0.1, -0.05) is 54.1 Å². The predicted molar refractivity (Wildman–Crippen MR) is 300 cm³/mol. The SMILES string of the molecule is COc1ccc(C[C@H](NC(=O)[C@H](CNC(=O)c2ccc3c(c2)B(O)OC3)NC(=O)c2ccc(-c3ccc(C)cc3)o2)C(=O)N[C@@H](CNC(=O)c2ccc3c(c2)B(O)OC3)C(=O)NCC(=O)NCCCOCCOCCOCCCN)cc1. The lowest BCUT2D eigenvalue weighted by Crippen LogP contribution is -2.60. The van der Waals surface area contributed by atoms with Gasteiger partial charge in [-0.25, -0.2) is 0 Å². The number of furan rings is 1. The smallest absolute Gasteiger partial charge is 0.491 e. The normalized spacial score (nSPS) is 13.5. The number of hydrogen-bond donors (Lipinski definition) is 10. The molecule has 3 atom stereocenters. The molecule has 2 aliphatic rings. The molecule has 0 radical (unpaired) electrons. The van der Waals surface area contributed by atoms with Gasteiger partial charge in [0, 0.05) is 56.0 Å². The molecule has 0 saturated carbocycles. The molecule has 434 valence electrons. The number of benzene rings is 4. The number of carbonyl (C=O) groups is 7. The predicted octanol–water partition coefficient (Wildman–Crippen LogP) is -1.11. The molecule has 3 heterocycles. The second kappa shape index (κ2) is 31.3. The number of rotatable bonds is 32. The highest BCUT2D eigenvalue weighted by atomic mass is 16.5. The standard InChI is InChI=1S/C56H68B2N8O16/c1-35-5-9-37(10-6-35)48-17-18-49(82-48)56(73)66-47(31-62-52(69)39-12-14-41-34-81-58(75)44(41)29-39)55(72)64-45(27-36-7-15-42(76-2)16-8-36)54(71)65-46(30-61-51(68)38-11-13-40-33-80-57(74)43(40)28-38)53(70)63-32-50(67)60-20-4-22-78-24-26-79-25-23-77-21-3-19-59/h5-18,28-29,45-47,74-75H,3-4,19-27,30-34,59H2,1-2H3,(H,60,67)(H,61,68)(H,62,69)(H,63,70)(H,64,72)(H,65,71)(H,66,73)/t45-,46-,47-/m0/s1. The average molecular weight is 1130 g/mol. The molecule has 0 saturated heterocycles. The number of carbonyl (C=O) groups excluding carboxylic acids is 7. The van der Waals surface area contributed by atoms with E-state index in [1.165, 1.54) is 37.4 Å². The first kappa shape index (κ1) is 61.7. The van der Waals surface area contributed by atoms with Crippen LogP contribution >= 0.6 is 0 Å². The van der Waals surface area contributed by atoms with Crippen molar-refractivity contribution in [2.45, 2.75) is 57.5 Å². The van der Waals surface area contributed by atoms with Gasteiger partial charge in [0.1, 0.15) is 29.6 Å². The van der Waals surface area contributed by atoms with E-state index in [-0.39, 0.29) is 43.1 Å². The molecule has 0 spiro atoms. The van der Waals surface area contributed by atoms with E-state index in [2.05, 4.69) is 37.2 Å². The van der Waals surface area contributed by atoms with Crippen molar-refractivity contribution in [1.29, 1.82) is 0 Å². The van der Waals surface area contributed by atoms with Crippen LogP contribution in [-0.2, 0) is 62.3 Å². The maximum Gasteiger partial charge on any atom is 0.491 e. The van der Waals surface area contributed by atoms with E-state index >= 15 is 0 Å². The van der Waals surface area contributed by atoms with Crippen LogP contribution in [0.3, 0.4) is 0 Å². The van der Waals surface area contributed by atoms with Crippen molar-refractivity contribution < 1.29 is 76.3 Å². The second-order valence-corrected chi connectivity index (χ2v) is 19.2. The molecule has 0 aliphatic carbocycles. The summed E-state index contributed by atoms with van der Waals surface area (Å²) in [6.45, 7) is 3.86. The molecule has 0 unspecified atom stereocenters. The summed E-state index contributed by atoms with van der Waals surface area (Å²) in [7, 11) is -1.02. The molecule has 24 nitrogen and oxygen atoms in total. The number of nitrogens with one attached hydrogen (secondary N) is 7. The van der Waals surface area contributed by atoms with Gasteiger partial charge in [-0.2, -0.15) is 0 Å². The van der Waals surface area contributed by atoms with Gasteiger partial charge in [0.2, 0.25) is 23.6 Å². The molecule has 7 rings (SSSR count). The van der Waals surface area contributed by atoms with Gasteiger partial charge in [0.05, 0.1) is 53.3 Å². The lowest BCUT2D eigenvalue weighted by atomic mass is 9.79. The van der Waals surface area contributed by atoms with Gasteiger partial charge in [0.25, 0.3) is 17.7 Å². The molecular weight excluding hydrogens is 1060 g/mol. The van der Waals surface area contributed by atoms with Crippen molar-refractivity contribution in [3.8, 4) is 17.1 Å². The van der Waals surface area contributed by atoms with Crippen LogP contribution in [0.25, 0.3) is 11.3 Å². The number of nitrogens with two attached hydrogens (primary N) is 1. The van der Waals surface area contributed by atoms with Crippen molar-refractivity contribution in [3.05, 3.63) is 136 Å². The van der Waals surface area contributed by atoms with E-state index in [9.17, 15) is 43.6 Å². The van der Waals surface area contributed by atoms with Crippen LogP contribution in [0.1, 0.15) is 66.4 Å². The molecular formula is C56H68B2N8O16. The number of ether oxygens (including phenoxy) is 4. The van der Waals surface area contributed by atoms with Crippen LogP contribution < -0.4 is 58.6 Å². The Morgan fingerprint density at radius 1 is 0.598 bits per heavy atom. The van der Waals surface area contributed by atoms with Crippen LogP contribution in [0.15, 0.2) is 101 Å². The number of methoxy groups -OCH3 is 1. The topological polar surface area (TPSA) is 339 Å². The van der Waals surface area contributed by atoms with Gasteiger partial charge in [-0.05, 0) is 102 Å². The van der Waals surface area contributed by atoms with Crippen molar-refractivity contribution in [1.82, 2.24) is 37.2 Å². The largest absolute Gasteiger partial charge is 0.497 e. The summed E-state index contributed by atoms with van der Waals surface area (Å²) in [5.74, 6) is -4.81. The minimum atomic E-state index is -1.57. The Morgan fingerprint density at radius 3 is 1.73 bits per heavy atom. The minimum Gasteiger partial charge on any atom is -0.497 e. The molecule has 11 N–H and O–H groups in total. The van der Waals surface area contributed by atoms with E-state index in [1.54, 1.807) is 42.5 Å². The van der Waals surface area contributed by atoms with Gasteiger partial charge >= 0.3 is 14.2 Å². The molecule has 0 bridgehead atoms. The number of fused-ring (bicyclic) bond motifs is 2. The molecule has 2 aliphatic heterocycles. The van der Waals surface area contributed by atoms with Gasteiger partial charge < -0.3 is 85.7 Å². The van der Waals surface area contributed by atoms with Crippen molar-refractivity contribution in [2.24, 2.45) is 5.73 Å². The third-order valence-electron chi connectivity index (χ3n) is 13.2. The fraction of sp³-hybridized carbons (Fsp3) is 0.375. The molecule has 0 fully saturated rings. The monoisotopic (exact) mass is 1130 g/mol. The van der Waals surface area contributed by atoms with E-state index < -0.39 is 93.3 Å². The molecule has 26 heteroatoms. The average Bonchev–Trinajstić information content (AvgIpc) is 4.43. The summed E-state index contributed by atoms with van der Waals surface area (Å²) in [6, 6.07) is 21.5. The third-order valence-corrected chi connectivity index (χ3v) is 13.2. The van der Waals surface area contributed by atoms with Crippen LogP contribution in [-0.4, -0.2) is 163 Å². The molecule has 1 aromatic heterocycles. The Hall–Kier alpha value is -7.94. The lowest BCUT2D eigenvalue weighted by Gasteiger charge is -2.26. The zero-order chi connectivity index (χ0) is 58.4. The van der Waals surface area contributed by atoms with Gasteiger partial charge in [-0.15, -0.1) is 0 Å². The van der Waals surface area contributed by atoms with E-state index in [0.29, 0.717) is 97.3 Å². The van der Waals surface area contributed by atoms with E-state index in [0.717, 1.165) is 12.0 Å². The summed E-state index contributed by atoms with van der Waals surface area (Å²) < 4.78 is 38.2. The Morgan fingerprint density at radius 2 is 1.15 bits per heavy atom. The van der Waals surface area contributed by atoms with Crippen molar-refractivity contribution in [3.63, 3.8) is 0 Å². The van der Waals surface area contributed by atoms with Gasteiger partial charge in [-0.3, -0.25) is 33.6 Å². The quantitative estimate of drug-likeness (QED) is 0.0180. The Kier molecular flexibility index (Phi) is 23.6. The van der Waals surface area contributed by atoms with Crippen molar-refractivity contribution in [2.75, 3.05) is 79.5 Å². The lowest BCUT2D eigenvalue weighted by molar-refractivity contribution is -0.133. The van der Waals surface area contributed by atoms with Crippen LogP contribution in [0, 0.1) is 6.92 Å². The van der Waals surface area contributed by atoms with Crippen LogP contribution in [0.4, 0.5) is 0 Å². The Bertz CT molecular complexity index is 2990. The zero-order valence-corrected chi connectivity index (χ0v) is 45.6. The molecule has 4 aromatic carbocycles. The Labute approximate surface area is 474 Å². The summed E-state index contributed by atoms with van der Waals surface area (Å²) >= 11 is 0. The molecule has 82 heavy (non-hydrogen) atoms. The highest BCUT2D eigenvalue weighted by molar-refractivity contribution is 6.62. The first-order chi connectivity index (χ1) is 39.7. The minimum absolute atomic E-state index is 0.113. The van der Waals surface area contributed by atoms with Crippen LogP contribution in [0.2, 0.25) is 0 Å². The fourth-order valence-corrected chi connectivity index (χ4v) is 8.52. The Balaban J connectivity index is 1.06. The fourth-order valence-electron chi connectivity index (χ4n) is 8.52. The van der Waals surface area contributed by atoms with E-state index in [4.69, 9.17) is 38.4 Å². The number of amides is 7. The maximum absolute atomic E-state index is 14.7. The summed E-state index contributed by atoms with van der Waals surface area (Å²) in [5.41, 5.74) is 10.0. The first-order valence-corrected chi connectivity index (χ1v) is 26.8. The molecule has 5 aromatic rings. The van der Waals surface area contributed by atoms with Crippen molar-refractivity contribution >= 4 is 66.5 Å². The summed E-state index contributed by atoms with van der Waals surface area (Å²) in [5, 5.41) is 39.1. The summed E-state index contributed by atoms with van der Waals surface area (Å²) in [6.07, 6.45) is 1.02. The first-order valence-electron chi connectivity index (χ1n) is 26.8. The summed E-state index contributed by atoms with van der Waals surface area (Å²) in [4.78, 5) is 97.5. The third kappa shape index (κ3) is 18.3. The second-order valence-electron chi connectivity index (χ2n) is 19.2. The number of hydrogen-bond acceptors (Lipinski definition) is 17. The molecule has 7 amide bonds. The number of aryl methyl sites for hydroxylation is 1. The van der Waals surface area contributed by atoms with Crippen LogP contribution in [0.5, 0.6) is 5.75 Å². The van der Waals surface area contributed by atoms with E-state index in [1.807, 2.05) is 31.2 Å². The highest BCUT2D eigenvalue weighted by Crippen LogP contribution is 2.23. The highest BCUT2D eigenvalue weighted by Gasteiger charge is 2.33. The zero-order valence-electron chi connectivity index (χ0n) is 45.6.